The van der Waals surface area contributed by atoms with Crippen molar-refractivity contribution in [2.24, 2.45) is 23.7 Å². The number of ether oxygens (including phenoxy) is 2. The van der Waals surface area contributed by atoms with Gasteiger partial charge in [0.25, 0.3) is 0 Å². The molecule has 2 saturated carbocycles. The second-order valence-electron chi connectivity index (χ2n) is 7.36. The minimum atomic E-state index is -0.123. The van der Waals surface area contributed by atoms with Gasteiger partial charge in [-0.25, -0.2) is 0 Å². The van der Waals surface area contributed by atoms with Gasteiger partial charge >= 0.3 is 11.9 Å². The molecule has 0 saturated heterocycles. The van der Waals surface area contributed by atoms with Crippen molar-refractivity contribution in [2.75, 3.05) is 14.2 Å². The van der Waals surface area contributed by atoms with E-state index in [9.17, 15) is 19.2 Å². The van der Waals surface area contributed by atoms with Crippen molar-refractivity contribution in [1.29, 1.82) is 0 Å². The maximum atomic E-state index is 11.1. The molecule has 2 aliphatic carbocycles. The van der Waals surface area contributed by atoms with Gasteiger partial charge < -0.3 is 9.47 Å². The van der Waals surface area contributed by atoms with E-state index in [2.05, 4.69) is 9.47 Å². The highest BCUT2D eigenvalue weighted by Crippen LogP contribution is 2.30. The predicted octanol–water partition coefficient (Wildman–Crippen LogP) is 3.11. The molecular formula is C20H32O6. The number of ketones is 2. The Labute approximate surface area is 156 Å². The molecule has 0 radical (unpaired) electrons. The van der Waals surface area contributed by atoms with E-state index in [-0.39, 0.29) is 47.2 Å². The minimum absolute atomic E-state index is 0.0283. The average molecular weight is 368 g/mol. The summed E-state index contributed by atoms with van der Waals surface area (Å²) in [5.74, 6) is 0.679. The summed E-state index contributed by atoms with van der Waals surface area (Å²) in [6.07, 6.45) is 6.58. The number of hydrogen-bond acceptors (Lipinski definition) is 6. The zero-order valence-electron chi connectivity index (χ0n) is 16.4. The molecule has 0 unspecified atom stereocenters. The maximum absolute atomic E-state index is 11.1. The van der Waals surface area contributed by atoms with Gasteiger partial charge in [0.15, 0.2) is 0 Å². The van der Waals surface area contributed by atoms with E-state index in [1.54, 1.807) is 13.8 Å². The monoisotopic (exact) mass is 368 g/mol. The Morgan fingerprint density at radius 3 is 0.962 bits per heavy atom. The molecule has 0 bridgehead atoms. The number of esters is 2. The summed E-state index contributed by atoms with van der Waals surface area (Å²) < 4.78 is 9.32. The highest BCUT2D eigenvalue weighted by Gasteiger charge is 2.29. The summed E-state index contributed by atoms with van der Waals surface area (Å²) >= 11 is 0. The molecule has 0 N–H and O–H groups in total. The van der Waals surface area contributed by atoms with Gasteiger partial charge in [0.05, 0.1) is 26.1 Å². The van der Waals surface area contributed by atoms with E-state index in [4.69, 9.17) is 0 Å². The van der Waals surface area contributed by atoms with Gasteiger partial charge in [0.1, 0.15) is 11.6 Å². The van der Waals surface area contributed by atoms with Crippen LogP contribution in [-0.2, 0) is 28.7 Å². The van der Waals surface area contributed by atoms with Crippen LogP contribution in [0, 0.1) is 23.7 Å². The van der Waals surface area contributed by atoms with Crippen molar-refractivity contribution >= 4 is 23.5 Å². The van der Waals surface area contributed by atoms with E-state index in [1.165, 1.54) is 14.2 Å². The molecule has 6 heteroatoms. The fourth-order valence-corrected chi connectivity index (χ4v) is 3.80. The predicted molar refractivity (Wildman–Crippen MR) is 96.3 cm³/mol. The summed E-state index contributed by atoms with van der Waals surface area (Å²) in [4.78, 5) is 44.3. The van der Waals surface area contributed by atoms with Gasteiger partial charge in [-0.05, 0) is 65.2 Å². The van der Waals surface area contributed by atoms with E-state index >= 15 is 0 Å². The molecule has 148 valence electrons. The van der Waals surface area contributed by atoms with Gasteiger partial charge in [-0.1, -0.05) is 0 Å². The van der Waals surface area contributed by atoms with Crippen LogP contribution in [0.15, 0.2) is 0 Å². The first-order valence-corrected chi connectivity index (χ1v) is 9.46. The van der Waals surface area contributed by atoms with Crippen LogP contribution in [0.4, 0.5) is 0 Å². The Balaban J connectivity index is 0.000000260. The molecule has 0 spiro atoms. The lowest BCUT2D eigenvalue weighted by atomic mass is 9.80. The molecule has 2 rings (SSSR count). The lowest BCUT2D eigenvalue weighted by Gasteiger charge is -2.24. The second-order valence-corrected chi connectivity index (χ2v) is 7.36. The van der Waals surface area contributed by atoms with Crippen molar-refractivity contribution in [2.45, 2.75) is 65.2 Å². The topological polar surface area (TPSA) is 86.7 Å². The highest BCUT2D eigenvalue weighted by atomic mass is 16.5. The number of hydrogen-bond donors (Lipinski definition) is 0. The Morgan fingerprint density at radius 2 is 0.769 bits per heavy atom. The zero-order chi connectivity index (χ0) is 19.7. The third kappa shape index (κ3) is 6.89. The first kappa shape index (κ1) is 22.3. The Bertz CT molecular complexity index is 450. The molecule has 6 nitrogen and oxygen atoms in total. The summed E-state index contributed by atoms with van der Waals surface area (Å²) in [7, 11) is 2.83. The highest BCUT2D eigenvalue weighted by molar-refractivity contribution is 5.79. The lowest BCUT2D eigenvalue weighted by molar-refractivity contribution is -0.148. The zero-order valence-corrected chi connectivity index (χ0v) is 16.4. The van der Waals surface area contributed by atoms with Crippen molar-refractivity contribution in [1.82, 2.24) is 0 Å². The molecule has 0 aliphatic heterocycles. The number of Topliss-reactive ketones (excluding diaryl/α,β-unsaturated/α-hetero) is 2. The molecule has 0 aromatic heterocycles. The van der Waals surface area contributed by atoms with E-state index in [0.29, 0.717) is 0 Å². The van der Waals surface area contributed by atoms with Crippen LogP contribution in [-0.4, -0.2) is 37.7 Å². The van der Waals surface area contributed by atoms with Crippen LogP contribution >= 0.6 is 0 Å². The molecule has 26 heavy (non-hydrogen) atoms. The minimum Gasteiger partial charge on any atom is -0.469 e. The van der Waals surface area contributed by atoms with Crippen LogP contribution in [0.5, 0.6) is 0 Å². The second kappa shape index (κ2) is 11.1. The fraction of sp³-hybridized carbons (Fsp3) is 0.800. The summed E-state index contributed by atoms with van der Waals surface area (Å²) in [6, 6.07) is 0. The van der Waals surface area contributed by atoms with Crippen molar-refractivity contribution in [3.8, 4) is 0 Å². The molecule has 0 heterocycles. The Hall–Kier alpha value is -1.72. The van der Waals surface area contributed by atoms with Crippen LogP contribution in [0.1, 0.15) is 65.2 Å². The summed E-state index contributed by atoms with van der Waals surface area (Å²) in [5.41, 5.74) is 0. The Kier molecular flexibility index (Phi) is 9.52. The van der Waals surface area contributed by atoms with Gasteiger partial charge in [-0.3, -0.25) is 19.2 Å². The molecule has 0 amide bonds. The van der Waals surface area contributed by atoms with Crippen LogP contribution in [0.3, 0.4) is 0 Å². The van der Waals surface area contributed by atoms with Crippen LogP contribution < -0.4 is 0 Å². The van der Waals surface area contributed by atoms with E-state index in [1.807, 2.05) is 0 Å². The normalized spacial score (nSPS) is 28.2. The molecule has 0 aromatic carbocycles. The molecule has 0 atom stereocenters. The SMILES string of the molecule is COC(=O)C1CCC(C(C)=O)CC1.COC(=O)C1CCC(C(C)=O)CC1. The van der Waals surface area contributed by atoms with E-state index < -0.39 is 0 Å². The number of rotatable bonds is 4. The van der Waals surface area contributed by atoms with Crippen molar-refractivity contribution in [3.05, 3.63) is 0 Å². The standard InChI is InChI=1S/2C10H16O3/c2*1-7(11)8-3-5-9(6-4-8)10(12)13-2/h2*8-9H,3-6H2,1-2H3. The molecular weight excluding hydrogens is 336 g/mol. The third-order valence-corrected chi connectivity index (χ3v) is 5.67. The number of carbonyl (C=O) groups excluding carboxylic acids is 4. The first-order chi connectivity index (χ1) is 12.3. The molecule has 2 fully saturated rings. The molecule has 0 aromatic rings. The Morgan fingerprint density at radius 1 is 0.538 bits per heavy atom. The summed E-state index contributed by atoms with van der Waals surface area (Å²) in [5, 5.41) is 0. The summed E-state index contributed by atoms with van der Waals surface area (Å²) in [6.45, 7) is 3.26. The maximum Gasteiger partial charge on any atom is 0.308 e. The van der Waals surface area contributed by atoms with Gasteiger partial charge in [0, 0.05) is 11.8 Å². The van der Waals surface area contributed by atoms with Crippen molar-refractivity contribution in [3.63, 3.8) is 0 Å². The van der Waals surface area contributed by atoms with Gasteiger partial charge in [0.2, 0.25) is 0 Å². The van der Waals surface area contributed by atoms with Gasteiger partial charge in [-0.15, -0.1) is 0 Å². The third-order valence-electron chi connectivity index (χ3n) is 5.67. The van der Waals surface area contributed by atoms with Crippen LogP contribution in [0.25, 0.3) is 0 Å². The quantitative estimate of drug-likeness (QED) is 0.709. The van der Waals surface area contributed by atoms with Crippen LogP contribution in [0.2, 0.25) is 0 Å². The van der Waals surface area contributed by atoms with E-state index in [0.717, 1.165) is 51.4 Å². The smallest absolute Gasteiger partial charge is 0.308 e. The van der Waals surface area contributed by atoms with Crippen molar-refractivity contribution < 1.29 is 28.7 Å². The number of carbonyl (C=O) groups is 4. The average Bonchev–Trinajstić information content (AvgIpc) is 2.67. The number of methoxy groups -OCH3 is 2. The molecule has 2 aliphatic rings. The lowest BCUT2D eigenvalue weighted by Crippen LogP contribution is -2.25. The fourth-order valence-electron chi connectivity index (χ4n) is 3.80. The first-order valence-electron chi connectivity index (χ1n) is 9.46. The largest absolute Gasteiger partial charge is 0.469 e. The van der Waals surface area contributed by atoms with Gasteiger partial charge in [-0.2, -0.15) is 0 Å².